The zero-order valence-electron chi connectivity index (χ0n) is 18.4. The predicted octanol–water partition coefficient (Wildman–Crippen LogP) is 3.32. The molecule has 1 saturated carbocycles. The second-order valence-electron chi connectivity index (χ2n) is 8.47. The van der Waals surface area contributed by atoms with Crippen molar-refractivity contribution < 1.29 is 4.79 Å². The maximum absolute atomic E-state index is 12.2. The SMILES string of the molecule is CN=C(NCc1cccc(NC(=O)C2CCC2)c1)N1CCN(Cc2ccccc2)CC1. The van der Waals surface area contributed by atoms with Gasteiger partial charge in [0.2, 0.25) is 5.91 Å². The van der Waals surface area contributed by atoms with Gasteiger partial charge in [-0.25, -0.2) is 0 Å². The van der Waals surface area contributed by atoms with Crippen molar-refractivity contribution in [2.75, 3.05) is 38.5 Å². The van der Waals surface area contributed by atoms with Gasteiger partial charge in [-0.2, -0.15) is 0 Å². The number of rotatable bonds is 6. The van der Waals surface area contributed by atoms with E-state index in [2.05, 4.69) is 67.9 Å². The lowest BCUT2D eigenvalue weighted by molar-refractivity contribution is -0.122. The van der Waals surface area contributed by atoms with Crippen LogP contribution in [-0.4, -0.2) is 54.9 Å². The van der Waals surface area contributed by atoms with Gasteiger partial charge in [0.25, 0.3) is 0 Å². The van der Waals surface area contributed by atoms with E-state index in [4.69, 9.17) is 0 Å². The van der Waals surface area contributed by atoms with Crippen LogP contribution in [0.15, 0.2) is 59.6 Å². The van der Waals surface area contributed by atoms with Crippen LogP contribution in [-0.2, 0) is 17.9 Å². The highest BCUT2D eigenvalue weighted by atomic mass is 16.1. The highest BCUT2D eigenvalue weighted by Gasteiger charge is 2.25. The first-order valence-corrected chi connectivity index (χ1v) is 11.3. The molecule has 6 heteroatoms. The van der Waals surface area contributed by atoms with Gasteiger partial charge in [0, 0.05) is 57.9 Å². The molecule has 1 aliphatic heterocycles. The number of hydrogen-bond acceptors (Lipinski definition) is 3. The first kappa shape index (κ1) is 21.4. The van der Waals surface area contributed by atoms with Crippen LogP contribution < -0.4 is 10.6 Å². The topological polar surface area (TPSA) is 60.0 Å². The van der Waals surface area contributed by atoms with Gasteiger partial charge < -0.3 is 15.5 Å². The Labute approximate surface area is 185 Å². The van der Waals surface area contributed by atoms with E-state index in [-0.39, 0.29) is 11.8 Å². The summed E-state index contributed by atoms with van der Waals surface area (Å²) in [7, 11) is 1.84. The lowest BCUT2D eigenvalue weighted by Crippen LogP contribution is -2.52. The van der Waals surface area contributed by atoms with Crippen molar-refractivity contribution in [1.82, 2.24) is 15.1 Å². The van der Waals surface area contributed by atoms with Crippen LogP contribution in [0.25, 0.3) is 0 Å². The monoisotopic (exact) mass is 419 g/mol. The Morgan fingerprint density at radius 1 is 1.00 bits per heavy atom. The summed E-state index contributed by atoms with van der Waals surface area (Å²) in [5, 5.41) is 6.55. The normalized spacial score (nSPS) is 17.8. The Balaban J connectivity index is 1.25. The van der Waals surface area contributed by atoms with Gasteiger partial charge in [-0.15, -0.1) is 0 Å². The summed E-state index contributed by atoms with van der Waals surface area (Å²) in [5.74, 6) is 1.28. The molecule has 1 saturated heterocycles. The van der Waals surface area contributed by atoms with E-state index in [0.29, 0.717) is 6.54 Å². The predicted molar refractivity (Wildman–Crippen MR) is 126 cm³/mol. The van der Waals surface area contributed by atoms with Crippen molar-refractivity contribution in [2.45, 2.75) is 32.4 Å². The number of carbonyl (C=O) groups excluding carboxylic acids is 1. The second kappa shape index (κ2) is 10.4. The third kappa shape index (κ3) is 5.85. The van der Waals surface area contributed by atoms with Gasteiger partial charge in [0.1, 0.15) is 0 Å². The lowest BCUT2D eigenvalue weighted by Gasteiger charge is -2.36. The summed E-state index contributed by atoms with van der Waals surface area (Å²) in [6, 6.07) is 18.7. The number of amides is 1. The van der Waals surface area contributed by atoms with Crippen LogP contribution in [0.2, 0.25) is 0 Å². The number of nitrogens with zero attached hydrogens (tertiary/aromatic N) is 3. The number of hydrogen-bond donors (Lipinski definition) is 2. The van der Waals surface area contributed by atoms with Crippen LogP contribution in [0.3, 0.4) is 0 Å². The fourth-order valence-corrected chi connectivity index (χ4v) is 4.15. The summed E-state index contributed by atoms with van der Waals surface area (Å²) < 4.78 is 0. The van der Waals surface area contributed by atoms with Gasteiger partial charge in [0.15, 0.2) is 5.96 Å². The van der Waals surface area contributed by atoms with Crippen LogP contribution in [0, 0.1) is 5.92 Å². The van der Waals surface area contributed by atoms with Crippen LogP contribution in [0.4, 0.5) is 5.69 Å². The Morgan fingerprint density at radius 2 is 1.74 bits per heavy atom. The van der Waals surface area contributed by atoms with Gasteiger partial charge in [-0.05, 0) is 36.1 Å². The summed E-state index contributed by atoms with van der Waals surface area (Å²) >= 11 is 0. The number of benzene rings is 2. The minimum Gasteiger partial charge on any atom is -0.352 e. The molecule has 2 fully saturated rings. The van der Waals surface area contributed by atoms with Crippen LogP contribution in [0.1, 0.15) is 30.4 Å². The molecule has 1 aliphatic carbocycles. The molecule has 4 rings (SSSR count). The maximum Gasteiger partial charge on any atom is 0.227 e. The number of carbonyl (C=O) groups is 1. The quantitative estimate of drug-likeness (QED) is 0.557. The molecule has 0 radical (unpaired) electrons. The summed E-state index contributed by atoms with van der Waals surface area (Å²) in [6.45, 7) is 5.66. The minimum atomic E-state index is 0.153. The molecule has 1 heterocycles. The molecule has 1 amide bonds. The molecule has 6 nitrogen and oxygen atoms in total. The molecule has 0 unspecified atom stereocenters. The number of nitrogens with one attached hydrogen (secondary N) is 2. The van der Waals surface area contributed by atoms with Crippen LogP contribution in [0.5, 0.6) is 0 Å². The minimum absolute atomic E-state index is 0.153. The number of guanidine groups is 1. The molecule has 0 atom stereocenters. The van der Waals surface area contributed by atoms with Gasteiger partial charge in [-0.3, -0.25) is 14.7 Å². The Morgan fingerprint density at radius 3 is 2.42 bits per heavy atom. The summed E-state index contributed by atoms with van der Waals surface area (Å²) in [5.41, 5.74) is 3.37. The lowest BCUT2D eigenvalue weighted by atomic mass is 9.85. The van der Waals surface area contributed by atoms with Crippen molar-refractivity contribution in [1.29, 1.82) is 0 Å². The summed E-state index contributed by atoms with van der Waals surface area (Å²) in [4.78, 5) is 21.5. The zero-order chi connectivity index (χ0) is 21.5. The van der Waals surface area contributed by atoms with Gasteiger partial charge in [-0.1, -0.05) is 48.9 Å². The molecule has 0 spiro atoms. The summed E-state index contributed by atoms with van der Waals surface area (Å²) in [6.07, 6.45) is 3.20. The molecule has 164 valence electrons. The van der Waals surface area contributed by atoms with Crippen molar-refractivity contribution in [3.63, 3.8) is 0 Å². The molecule has 2 aromatic carbocycles. The number of anilines is 1. The first-order valence-electron chi connectivity index (χ1n) is 11.3. The third-order valence-electron chi connectivity index (χ3n) is 6.25. The van der Waals surface area contributed by atoms with E-state index in [0.717, 1.165) is 62.8 Å². The molecule has 0 aromatic heterocycles. The molecular formula is C25H33N5O. The third-order valence-corrected chi connectivity index (χ3v) is 6.25. The van der Waals surface area contributed by atoms with Crippen molar-refractivity contribution in [3.05, 3.63) is 65.7 Å². The average molecular weight is 420 g/mol. The van der Waals surface area contributed by atoms with Gasteiger partial charge >= 0.3 is 0 Å². The standard InChI is InChI=1S/C25H33N5O/c1-26-25(30-15-13-29(14-16-30)19-20-7-3-2-4-8-20)27-18-21-9-5-12-23(17-21)28-24(31)22-10-6-11-22/h2-5,7-9,12,17,22H,6,10-11,13-16,18-19H2,1H3,(H,26,27)(H,28,31). The highest BCUT2D eigenvalue weighted by molar-refractivity contribution is 5.93. The fourth-order valence-electron chi connectivity index (χ4n) is 4.15. The van der Waals surface area contributed by atoms with Crippen molar-refractivity contribution >= 4 is 17.6 Å². The van der Waals surface area contributed by atoms with E-state index >= 15 is 0 Å². The Hall–Kier alpha value is -2.86. The van der Waals surface area contributed by atoms with Crippen molar-refractivity contribution in [3.8, 4) is 0 Å². The van der Waals surface area contributed by atoms with E-state index < -0.39 is 0 Å². The largest absolute Gasteiger partial charge is 0.352 e. The second-order valence-corrected chi connectivity index (χ2v) is 8.47. The molecule has 0 bridgehead atoms. The molecular weight excluding hydrogens is 386 g/mol. The molecule has 2 aliphatic rings. The molecule has 2 aromatic rings. The van der Waals surface area contributed by atoms with E-state index in [1.54, 1.807) is 0 Å². The zero-order valence-corrected chi connectivity index (χ0v) is 18.4. The van der Waals surface area contributed by atoms with E-state index in [1.165, 1.54) is 12.0 Å². The maximum atomic E-state index is 12.2. The fraction of sp³-hybridized carbons (Fsp3) is 0.440. The highest BCUT2D eigenvalue weighted by Crippen LogP contribution is 2.27. The average Bonchev–Trinajstić information content (AvgIpc) is 2.75. The number of aliphatic imine (C=N–C) groups is 1. The Kier molecular flexibility index (Phi) is 7.20. The molecule has 2 N–H and O–H groups in total. The van der Waals surface area contributed by atoms with E-state index in [9.17, 15) is 4.79 Å². The van der Waals surface area contributed by atoms with Gasteiger partial charge in [0.05, 0.1) is 0 Å². The smallest absolute Gasteiger partial charge is 0.227 e. The van der Waals surface area contributed by atoms with Crippen LogP contribution >= 0.6 is 0 Å². The van der Waals surface area contributed by atoms with E-state index in [1.807, 2.05) is 19.2 Å². The first-order chi connectivity index (χ1) is 15.2. The number of piperazine rings is 1. The Bertz CT molecular complexity index is 886. The molecule has 31 heavy (non-hydrogen) atoms. The van der Waals surface area contributed by atoms with Crippen molar-refractivity contribution in [2.24, 2.45) is 10.9 Å².